The van der Waals surface area contributed by atoms with Gasteiger partial charge in [-0.05, 0) is 5.56 Å². The van der Waals surface area contributed by atoms with E-state index in [9.17, 15) is 33.4 Å². The summed E-state index contributed by atoms with van der Waals surface area (Å²) >= 11 is 0. The van der Waals surface area contributed by atoms with Crippen molar-refractivity contribution in [1.82, 2.24) is 0 Å². The monoisotopic (exact) mass is 250 g/mol. The van der Waals surface area contributed by atoms with Crippen molar-refractivity contribution in [3.63, 3.8) is 0 Å². The maximum atomic E-state index is 12.0. The minimum atomic E-state index is -4.52. The van der Waals surface area contributed by atoms with E-state index in [-0.39, 0.29) is 0 Å². The van der Waals surface area contributed by atoms with E-state index < -0.39 is 39.4 Å². The van der Waals surface area contributed by atoms with Crippen molar-refractivity contribution in [2.75, 3.05) is 0 Å². The smallest absolute Gasteiger partial charge is 0.258 e. The molecule has 0 aliphatic heterocycles. The van der Waals surface area contributed by atoms with Crippen molar-refractivity contribution in [1.29, 1.82) is 0 Å². The Morgan fingerprint density at radius 1 is 1.06 bits per heavy atom. The van der Waals surface area contributed by atoms with Crippen LogP contribution < -0.4 is 0 Å². The molecule has 0 amide bonds. The van der Waals surface area contributed by atoms with Crippen LogP contribution in [0.5, 0.6) is 0 Å². The van der Waals surface area contributed by atoms with Gasteiger partial charge in [0.2, 0.25) is 0 Å². The summed E-state index contributed by atoms with van der Waals surface area (Å²) in [4.78, 5) is 18.8. The highest BCUT2D eigenvalue weighted by Crippen LogP contribution is 2.30. The number of nitro benzene ring substituents is 2. The molecule has 0 fully saturated rings. The number of alkyl halides is 3. The van der Waals surface area contributed by atoms with Gasteiger partial charge >= 0.3 is 17.6 Å². The summed E-state index contributed by atoms with van der Waals surface area (Å²) in [6.45, 7) is 0. The maximum Gasteiger partial charge on any atom is 0.393 e. The fourth-order valence-electron chi connectivity index (χ4n) is 1.21. The lowest BCUT2D eigenvalue weighted by Crippen LogP contribution is -2.11. The number of hydrogen-bond donors (Lipinski definition) is 0. The summed E-state index contributed by atoms with van der Waals surface area (Å²) in [6.07, 6.45) is -5.89. The van der Waals surface area contributed by atoms with Crippen LogP contribution in [0.2, 0.25) is 0 Å². The van der Waals surface area contributed by atoms with Crippen molar-refractivity contribution in [3.05, 3.63) is 44.0 Å². The lowest BCUT2D eigenvalue weighted by atomic mass is 10.1. The van der Waals surface area contributed by atoms with E-state index in [4.69, 9.17) is 0 Å². The van der Waals surface area contributed by atoms with Crippen LogP contribution in [0.1, 0.15) is 5.56 Å². The molecular weight excluding hydrogens is 245 g/mol. The molecular formula is C8H5F3N2O4. The molecule has 0 unspecified atom stereocenters. The van der Waals surface area contributed by atoms with Crippen LogP contribution in [-0.4, -0.2) is 16.0 Å². The maximum absolute atomic E-state index is 12.0. The Hall–Kier alpha value is -2.19. The molecule has 92 valence electrons. The molecule has 0 atom stereocenters. The second kappa shape index (κ2) is 4.36. The molecule has 0 bridgehead atoms. The molecule has 0 aromatic heterocycles. The van der Waals surface area contributed by atoms with E-state index in [1.54, 1.807) is 0 Å². The highest BCUT2D eigenvalue weighted by Gasteiger charge is 2.30. The highest BCUT2D eigenvalue weighted by molar-refractivity contribution is 5.54. The third-order valence-corrected chi connectivity index (χ3v) is 1.84. The average molecular weight is 250 g/mol. The van der Waals surface area contributed by atoms with Gasteiger partial charge in [-0.25, -0.2) is 0 Å². The van der Waals surface area contributed by atoms with Gasteiger partial charge in [0.05, 0.1) is 16.3 Å². The first-order chi connectivity index (χ1) is 7.70. The standard InChI is InChI=1S/C8H5F3N2O4/c9-8(10,11)4-5-1-2-6(12(14)15)7(3-5)13(16)17/h1-3H,4H2. The SMILES string of the molecule is O=[N+]([O-])c1ccc(CC(F)(F)F)cc1[N+](=O)[O-]. The fraction of sp³-hybridized carbons (Fsp3) is 0.250. The number of benzene rings is 1. The molecule has 1 aromatic carbocycles. The van der Waals surface area contributed by atoms with Gasteiger partial charge in [0.25, 0.3) is 0 Å². The summed E-state index contributed by atoms with van der Waals surface area (Å²) in [7, 11) is 0. The van der Waals surface area contributed by atoms with Crippen LogP contribution in [0.3, 0.4) is 0 Å². The van der Waals surface area contributed by atoms with Gasteiger partial charge in [-0.2, -0.15) is 13.2 Å². The average Bonchev–Trinajstić information content (AvgIpc) is 2.14. The highest BCUT2D eigenvalue weighted by atomic mass is 19.4. The molecule has 9 heteroatoms. The first-order valence-corrected chi connectivity index (χ1v) is 4.19. The van der Waals surface area contributed by atoms with Crippen LogP contribution in [0.15, 0.2) is 18.2 Å². The molecule has 0 N–H and O–H groups in total. The van der Waals surface area contributed by atoms with Gasteiger partial charge in [-0.15, -0.1) is 0 Å². The number of hydrogen-bond acceptors (Lipinski definition) is 4. The van der Waals surface area contributed by atoms with Crippen molar-refractivity contribution in [3.8, 4) is 0 Å². The molecule has 0 saturated carbocycles. The molecule has 0 aliphatic carbocycles. The van der Waals surface area contributed by atoms with E-state index in [0.29, 0.717) is 12.1 Å². The minimum absolute atomic E-state index is 0.394. The number of nitrogens with zero attached hydrogens (tertiary/aromatic N) is 2. The first kappa shape index (κ1) is 12.9. The third-order valence-electron chi connectivity index (χ3n) is 1.84. The zero-order valence-corrected chi connectivity index (χ0v) is 8.10. The van der Waals surface area contributed by atoms with Gasteiger partial charge < -0.3 is 0 Å². The molecule has 1 rings (SSSR count). The number of nitro groups is 2. The van der Waals surface area contributed by atoms with Crippen molar-refractivity contribution < 1.29 is 23.0 Å². The largest absolute Gasteiger partial charge is 0.393 e. The van der Waals surface area contributed by atoms with E-state index in [1.807, 2.05) is 0 Å². The summed E-state index contributed by atoms with van der Waals surface area (Å²) in [5.74, 6) is 0. The van der Waals surface area contributed by atoms with Crippen LogP contribution in [0, 0.1) is 20.2 Å². The predicted octanol–water partition coefficient (Wildman–Crippen LogP) is 2.61. The molecule has 17 heavy (non-hydrogen) atoms. The molecule has 0 heterocycles. The predicted molar refractivity (Wildman–Crippen MR) is 49.5 cm³/mol. The van der Waals surface area contributed by atoms with Gasteiger partial charge in [0.1, 0.15) is 0 Å². The van der Waals surface area contributed by atoms with E-state index in [0.717, 1.165) is 6.07 Å². The molecule has 0 aliphatic rings. The lowest BCUT2D eigenvalue weighted by Gasteiger charge is -2.05. The quantitative estimate of drug-likeness (QED) is 0.609. The summed E-state index contributed by atoms with van der Waals surface area (Å²) in [5.41, 5.74) is -2.17. The second-order valence-electron chi connectivity index (χ2n) is 3.13. The van der Waals surface area contributed by atoms with E-state index in [1.165, 1.54) is 0 Å². The molecule has 6 nitrogen and oxygen atoms in total. The van der Waals surface area contributed by atoms with Crippen molar-refractivity contribution in [2.24, 2.45) is 0 Å². The molecule has 0 radical (unpaired) electrons. The Kier molecular flexibility index (Phi) is 3.30. The third kappa shape index (κ3) is 3.40. The van der Waals surface area contributed by atoms with Gasteiger partial charge in [0, 0.05) is 12.1 Å². The Labute approximate surface area is 92.0 Å². The van der Waals surface area contributed by atoms with Crippen LogP contribution in [-0.2, 0) is 6.42 Å². The van der Waals surface area contributed by atoms with Crippen LogP contribution in [0.4, 0.5) is 24.5 Å². The normalized spacial score (nSPS) is 11.2. The topological polar surface area (TPSA) is 86.3 Å². The van der Waals surface area contributed by atoms with E-state index in [2.05, 4.69) is 0 Å². The lowest BCUT2D eigenvalue weighted by molar-refractivity contribution is -0.422. The molecule has 0 spiro atoms. The fourth-order valence-corrected chi connectivity index (χ4v) is 1.21. The zero-order valence-electron chi connectivity index (χ0n) is 8.10. The summed E-state index contributed by atoms with van der Waals surface area (Å²) < 4.78 is 36.1. The van der Waals surface area contributed by atoms with Crippen LogP contribution >= 0.6 is 0 Å². The molecule has 0 saturated heterocycles. The van der Waals surface area contributed by atoms with Gasteiger partial charge in [-0.1, -0.05) is 6.07 Å². The van der Waals surface area contributed by atoms with Crippen LogP contribution in [0.25, 0.3) is 0 Å². The van der Waals surface area contributed by atoms with Crippen molar-refractivity contribution >= 4 is 11.4 Å². The summed E-state index contributed by atoms with van der Waals surface area (Å²) in [5, 5.41) is 20.9. The Morgan fingerprint density at radius 2 is 1.59 bits per heavy atom. The summed E-state index contributed by atoms with van der Waals surface area (Å²) in [6, 6.07) is 2.10. The van der Waals surface area contributed by atoms with Crippen molar-refractivity contribution in [2.45, 2.75) is 12.6 Å². The molecule has 1 aromatic rings. The van der Waals surface area contributed by atoms with E-state index >= 15 is 0 Å². The number of rotatable bonds is 3. The zero-order chi connectivity index (χ0) is 13.2. The van der Waals surface area contributed by atoms with Gasteiger partial charge in [0.15, 0.2) is 0 Å². The minimum Gasteiger partial charge on any atom is -0.258 e. The first-order valence-electron chi connectivity index (χ1n) is 4.19. The Balaban J connectivity index is 3.19. The van der Waals surface area contributed by atoms with Gasteiger partial charge in [-0.3, -0.25) is 20.2 Å². The Bertz CT molecular complexity index is 472. The number of halogens is 3. The second-order valence-corrected chi connectivity index (χ2v) is 3.13. The Morgan fingerprint density at radius 3 is 2.00 bits per heavy atom.